The Morgan fingerprint density at radius 2 is 2.10 bits per heavy atom. The number of aromatic nitrogens is 3. The van der Waals surface area contributed by atoms with Gasteiger partial charge in [0.2, 0.25) is 0 Å². The van der Waals surface area contributed by atoms with E-state index in [1.807, 2.05) is 0 Å². The van der Waals surface area contributed by atoms with E-state index in [0.29, 0.717) is 21.6 Å². The number of aryl methyl sites for hydroxylation is 1. The monoisotopic (exact) mass is 308 g/mol. The van der Waals surface area contributed by atoms with Crippen LogP contribution < -0.4 is 5.32 Å². The molecule has 0 radical (unpaired) electrons. The maximum absolute atomic E-state index is 6.20. The summed E-state index contributed by atoms with van der Waals surface area (Å²) in [5, 5.41) is 4.30. The van der Waals surface area contributed by atoms with Crippen molar-refractivity contribution in [1.29, 1.82) is 0 Å². The highest BCUT2D eigenvalue weighted by molar-refractivity contribution is 6.35. The summed E-state index contributed by atoms with van der Waals surface area (Å²) in [4.78, 5) is 13.5. The molecule has 2 aromatic heterocycles. The average Bonchev–Trinajstić information content (AvgIpc) is 2.87. The van der Waals surface area contributed by atoms with Crippen molar-refractivity contribution in [2.75, 3.05) is 0 Å². The van der Waals surface area contributed by atoms with Crippen LogP contribution in [0.2, 0.25) is 10.0 Å². The van der Waals surface area contributed by atoms with Gasteiger partial charge in [0.25, 0.3) is 0 Å². The molecule has 3 rings (SSSR count). The Kier molecular flexibility index (Phi) is 3.87. The van der Waals surface area contributed by atoms with E-state index in [2.05, 4.69) is 27.2 Å². The first-order valence-corrected chi connectivity index (χ1v) is 7.35. The Bertz CT molecular complexity index is 658. The molecular weight excluding hydrogens is 295 g/mol. The topological polar surface area (TPSA) is 50.7 Å². The van der Waals surface area contributed by atoms with Gasteiger partial charge in [0.05, 0.1) is 15.7 Å². The molecule has 0 saturated carbocycles. The van der Waals surface area contributed by atoms with E-state index in [-0.39, 0.29) is 0 Å². The Hall–Kier alpha value is -1.23. The highest BCUT2D eigenvalue weighted by atomic mass is 35.5. The van der Waals surface area contributed by atoms with Crippen LogP contribution in [0.4, 0.5) is 0 Å². The van der Waals surface area contributed by atoms with Crippen LogP contribution in [0.5, 0.6) is 0 Å². The van der Waals surface area contributed by atoms with Gasteiger partial charge in [0.1, 0.15) is 5.69 Å². The lowest BCUT2D eigenvalue weighted by molar-refractivity contribution is 0.753. The summed E-state index contributed by atoms with van der Waals surface area (Å²) >= 11 is 12.1. The second-order valence-electron chi connectivity index (χ2n) is 4.76. The third kappa shape index (κ3) is 2.51. The van der Waals surface area contributed by atoms with Crippen molar-refractivity contribution in [3.05, 3.63) is 39.3 Å². The first-order valence-electron chi connectivity index (χ1n) is 6.60. The van der Waals surface area contributed by atoms with Crippen LogP contribution >= 0.6 is 23.2 Å². The summed E-state index contributed by atoms with van der Waals surface area (Å²) < 4.78 is 0. The van der Waals surface area contributed by atoms with Gasteiger partial charge in [-0.2, -0.15) is 0 Å². The predicted molar refractivity (Wildman–Crippen MR) is 79.8 cm³/mol. The Balaban J connectivity index is 2.12. The van der Waals surface area contributed by atoms with Crippen molar-refractivity contribution in [2.45, 2.75) is 32.9 Å². The van der Waals surface area contributed by atoms with E-state index in [1.54, 1.807) is 12.3 Å². The number of hydrogen-bond acceptors (Lipinski definition) is 4. The maximum atomic E-state index is 6.20. The summed E-state index contributed by atoms with van der Waals surface area (Å²) in [6.07, 6.45) is 3.55. The predicted octanol–water partition coefficient (Wildman–Crippen LogP) is 3.40. The first kappa shape index (κ1) is 13.7. The van der Waals surface area contributed by atoms with Crippen LogP contribution in [0, 0.1) is 0 Å². The molecule has 0 atom stereocenters. The van der Waals surface area contributed by atoms with Crippen molar-refractivity contribution in [3.8, 4) is 11.5 Å². The smallest absolute Gasteiger partial charge is 0.180 e. The minimum Gasteiger partial charge on any atom is -0.307 e. The van der Waals surface area contributed by atoms with Gasteiger partial charge < -0.3 is 5.32 Å². The average molecular weight is 309 g/mol. The lowest BCUT2D eigenvalue weighted by atomic mass is 10.1. The molecule has 4 nitrogen and oxygen atoms in total. The Morgan fingerprint density at radius 3 is 2.85 bits per heavy atom. The van der Waals surface area contributed by atoms with E-state index in [9.17, 15) is 0 Å². The van der Waals surface area contributed by atoms with Gasteiger partial charge >= 0.3 is 0 Å². The van der Waals surface area contributed by atoms with Crippen LogP contribution in [0.3, 0.4) is 0 Å². The fourth-order valence-corrected chi connectivity index (χ4v) is 2.83. The van der Waals surface area contributed by atoms with Crippen molar-refractivity contribution in [2.24, 2.45) is 0 Å². The van der Waals surface area contributed by atoms with Crippen molar-refractivity contribution < 1.29 is 0 Å². The molecule has 0 bridgehead atoms. The molecule has 6 heteroatoms. The molecule has 0 aliphatic carbocycles. The molecule has 0 aromatic carbocycles. The fraction of sp³-hybridized carbons (Fsp3) is 0.357. The van der Waals surface area contributed by atoms with Crippen LogP contribution in [0.1, 0.15) is 30.3 Å². The normalized spacial score (nSPS) is 13.6. The summed E-state index contributed by atoms with van der Waals surface area (Å²) in [6.45, 7) is 3.75. The van der Waals surface area contributed by atoms with Crippen molar-refractivity contribution >= 4 is 23.2 Å². The van der Waals surface area contributed by atoms with Crippen molar-refractivity contribution in [1.82, 2.24) is 20.3 Å². The molecule has 0 amide bonds. The van der Waals surface area contributed by atoms with Gasteiger partial charge in [-0.15, -0.1) is 0 Å². The first-order chi connectivity index (χ1) is 9.69. The van der Waals surface area contributed by atoms with Gasteiger partial charge in [-0.25, -0.2) is 15.0 Å². The van der Waals surface area contributed by atoms with E-state index >= 15 is 0 Å². The highest BCUT2D eigenvalue weighted by Gasteiger charge is 2.20. The number of halogens is 2. The van der Waals surface area contributed by atoms with E-state index in [1.165, 1.54) is 5.56 Å². The number of nitrogens with one attached hydrogen (secondary N) is 1. The van der Waals surface area contributed by atoms with Crippen LogP contribution in [0.25, 0.3) is 11.5 Å². The summed E-state index contributed by atoms with van der Waals surface area (Å²) in [7, 11) is 0. The summed E-state index contributed by atoms with van der Waals surface area (Å²) in [5.74, 6) is 0.581. The summed E-state index contributed by atoms with van der Waals surface area (Å²) in [5.41, 5.74) is 3.94. The van der Waals surface area contributed by atoms with Gasteiger partial charge in [-0.05, 0) is 12.5 Å². The van der Waals surface area contributed by atoms with E-state index in [0.717, 1.165) is 37.3 Å². The SMILES string of the molecule is CCCc1nc(-c2ncc(Cl)cc2Cl)nc2c1CNC2. The molecule has 1 aliphatic heterocycles. The van der Waals surface area contributed by atoms with Crippen LogP contribution in [-0.4, -0.2) is 15.0 Å². The molecule has 2 aromatic rings. The molecule has 0 saturated heterocycles. The van der Waals surface area contributed by atoms with Crippen LogP contribution in [-0.2, 0) is 19.5 Å². The zero-order chi connectivity index (χ0) is 14.1. The quantitative estimate of drug-likeness (QED) is 0.944. The third-order valence-corrected chi connectivity index (χ3v) is 3.77. The standard InChI is InChI=1S/C14H14Cl2N4/c1-2-3-11-9-6-17-7-12(9)20-14(19-11)13-10(16)4-8(15)5-18-13/h4-5,17H,2-3,6-7H2,1H3. The Labute approximate surface area is 127 Å². The van der Waals surface area contributed by atoms with Crippen molar-refractivity contribution in [3.63, 3.8) is 0 Å². The number of rotatable bonds is 3. The third-order valence-electron chi connectivity index (χ3n) is 3.28. The molecule has 1 aliphatic rings. The fourth-order valence-electron chi connectivity index (χ4n) is 2.37. The van der Waals surface area contributed by atoms with Gasteiger partial charge in [0.15, 0.2) is 5.82 Å². The lowest BCUT2D eigenvalue weighted by Crippen LogP contribution is -2.04. The molecule has 0 fully saturated rings. The minimum atomic E-state index is 0.478. The van der Waals surface area contributed by atoms with Crippen LogP contribution in [0.15, 0.2) is 12.3 Å². The zero-order valence-electron chi connectivity index (χ0n) is 11.1. The minimum absolute atomic E-state index is 0.478. The molecule has 3 heterocycles. The lowest BCUT2D eigenvalue weighted by Gasteiger charge is -2.09. The molecule has 1 N–H and O–H groups in total. The molecule has 104 valence electrons. The van der Waals surface area contributed by atoms with Gasteiger partial charge in [0, 0.05) is 30.5 Å². The molecular formula is C14H14Cl2N4. The second-order valence-corrected chi connectivity index (χ2v) is 5.60. The van der Waals surface area contributed by atoms with Gasteiger partial charge in [-0.3, -0.25) is 0 Å². The highest BCUT2D eigenvalue weighted by Crippen LogP contribution is 2.28. The molecule has 20 heavy (non-hydrogen) atoms. The maximum Gasteiger partial charge on any atom is 0.180 e. The number of hydrogen-bond donors (Lipinski definition) is 1. The zero-order valence-corrected chi connectivity index (χ0v) is 12.6. The molecule has 0 spiro atoms. The van der Waals surface area contributed by atoms with E-state index < -0.39 is 0 Å². The second kappa shape index (κ2) is 5.64. The van der Waals surface area contributed by atoms with Gasteiger partial charge in [-0.1, -0.05) is 36.5 Å². The van der Waals surface area contributed by atoms with E-state index in [4.69, 9.17) is 23.2 Å². The number of nitrogens with zero attached hydrogens (tertiary/aromatic N) is 3. The number of pyridine rings is 1. The molecule has 0 unspecified atom stereocenters. The largest absolute Gasteiger partial charge is 0.307 e. The Morgan fingerprint density at radius 1 is 1.25 bits per heavy atom. The number of fused-ring (bicyclic) bond motifs is 1. The summed E-state index contributed by atoms with van der Waals surface area (Å²) in [6, 6.07) is 1.67.